The summed E-state index contributed by atoms with van der Waals surface area (Å²) in [5.74, 6) is 0. The minimum atomic E-state index is -0.951. The van der Waals surface area contributed by atoms with Gasteiger partial charge >= 0.3 is 199 Å². The molecule has 34 heavy (non-hydrogen) atoms. The summed E-state index contributed by atoms with van der Waals surface area (Å²) in [6.45, 7) is 9.22. The molecule has 0 bridgehead atoms. The van der Waals surface area contributed by atoms with Gasteiger partial charge in [0.2, 0.25) is 0 Å². The summed E-state index contributed by atoms with van der Waals surface area (Å²) in [5.41, 5.74) is 8.95. The number of rotatable bonds is 14. The second-order valence-electron chi connectivity index (χ2n) is 9.56. The summed E-state index contributed by atoms with van der Waals surface area (Å²) in [6, 6.07) is 16.4. The van der Waals surface area contributed by atoms with Crippen molar-refractivity contribution in [2.75, 3.05) is 0 Å². The minimum absolute atomic E-state index is 0. The van der Waals surface area contributed by atoms with Crippen LogP contribution in [0.1, 0.15) is 92.0 Å². The quantitative estimate of drug-likeness (QED) is 0.241. The van der Waals surface area contributed by atoms with Crippen LogP contribution in [0.5, 0.6) is 0 Å². The van der Waals surface area contributed by atoms with Gasteiger partial charge in [-0.25, -0.2) is 0 Å². The first-order chi connectivity index (χ1) is 15.6. The van der Waals surface area contributed by atoms with Gasteiger partial charge in [0.15, 0.2) is 0 Å². The Morgan fingerprint density at radius 2 is 1.44 bits per heavy atom. The molecular formula is C29H42Cl2OSiZr. The van der Waals surface area contributed by atoms with E-state index in [1.165, 1.54) is 86.5 Å². The average molecular weight is 597 g/mol. The van der Waals surface area contributed by atoms with Crippen LogP contribution in [0.3, 0.4) is 0 Å². The molecule has 1 aliphatic rings. The first kappa shape index (κ1) is 31.8. The predicted molar refractivity (Wildman–Crippen MR) is 139 cm³/mol. The predicted octanol–water partition coefficient (Wildman–Crippen LogP) is 2.89. The summed E-state index contributed by atoms with van der Waals surface area (Å²) < 4.78 is 7.04. The zero-order valence-corrected chi connectivity index (χ0v) is 26.6. The van der Waals surface area contributed by atoms with Crippen molar-refractivity contribution in [2.45, 2.75) is 94.8 Å². The first-order valence-corrected chi connectivity index (χ1v) is 18.2. The molecule has 1 aliphatic carbocycles. The Bertz CT molecular complexity index is 867. The Kier molecular flexibility index (Phi) is 16.2. The molecule has 0 saturated heterocycles. The van der Waals surface area contributed by atoms with Crippen LogP contribution in [0, 0.1) is 0 Å². The number of allylic oxidation sites excluding steroid dienone is 1. The fourth-order valence-electron chi connectivity index (χ4n) is 4.64. The number of fused-ring (bicyclic) bond motifs is 1. The maximum Gasteiger partial charge on any atom is -1.00 e. The molecule has 186 valence electrons. The van der Waals surface area contributed by atoms with E-state index in [4.69, 9.17) is 2.50 Å². The van der Waals surface area contributed by atoms with E-state index in [9.17, 15) is 0 Å². The van der Waals surface area contributed by atoms with Crippen LogP contribution >= 0.6 is 0 Å². The molecule has 0 amide bonds. The second-order valence-corrected chi connectivity index (χ2v) is 15.6. The topological polar surface area (TPSA) is 9.23 Å². The van der Waals surface area contributed by atoms with Crippen molar-refractivity contribution in [1.82, 2.24) is 0 Å². The molecule has 0 N–H and O–H groups in total. The Morgan fingerprint density at radius 1 is 0.794 bits per heavy atom. The van der Waals surface area contributed by atoms with Gasteiger partial charge in [0.1, 0.15) is 0 Å². The van der Waals surface area contributed by atoms with E-state index in [1.54, 1.807) is 11.1 Å². The molecule has 0 radical (unpaired) electrons. The van der Waals surface area contributed by atoms with E-state index in [0.717, 1.165) is 0 Å². The Morgan fingerprint density at radius 3 is 2.06 bits per heavy atom. The molecule has 0 aliphatic heterocycles. The van der Waals surface area contributed by atoms with E-state index in [-0.39, 0.29) is 24.8 Å². The number of unbranched alkanes of at least 4 members (excludes halogenated alkanes) is 6. The SMILES string of the molecule is CCCCCCC1=Cc2c(-c3ccc(CCCCCC)cc3)cccc2[CH]1[Zr+2][O][SiH](C)C.[Cl-].[Cl-]. The van der Waals surface area contributed by atoms with Crippen molar-refractivity contribution < 1.29 is 51.0 Å². The number of hydrogen-bond donors (Lipinski definition) is 0. The fraction of sp³-hybridized carbons (Fsp3) is 0.517. The fourth-order valence-corrected chi connectivity index (χ4v) is 9.92. The third-order valence-electron chi connectivity index (χ3n) is 6.48. The van der Waals surface area contributed by atoms with Crippen molar-refractivity contribution >= 4 is 15.1 Å². The molecule has 5 heteroatoms. The van der Waals surface area contributed by atoms with Crippen molar-refractivity contribution in [2.24, 2.45) is 0 Å². The van der Waals surface area contributed by atoms with Crippen molar-refractivity contribution in [3.63, 3.8) is 0 Å². The van der Waals surface area contributed by atoms with Crippen LogP contribution in [0.25, 0.3) is 17.2 Å². The standard InChI is InChI=1S/C27H35.C2H7OSi.2ClH.Zr/c1-3-5-7-9-12-22-16-18-24(19-17-22)26-15-11-14-25-20-23(21-27(25)26)13-10-8-6-4-2;1-4(2)3;;;/h11,14-21H,3-10,12-13H2,1-2H3;4H,1-2H3;2*1H;/q;-1;;;+3/p-2. The summed E-state index contributed by atoms with van der Waals surface area (Å²) in [6.07, 6.45) is 15.7. The van der Waals surface area contributed by atoms with E-state index in [2.05, 4.69) is 75.5 Å². The summed E-state index contributed by atoms with van der Waals surface area (Å²) >= 11 is -0.900. The van der Waals surface area contributed by atoms with Crippen LogP contribution in [0.15, 0.2) is 48.0 Å². The van der Waals surface area contributed by atoms with E-state index in [1.807, 2.05) is 0 Å². The Labute approximate surface area is 235 Å². The normalized spacial score (nSPS) is 14.1. The van der Waals surface area contributed by atoms with Crippen LogP contribution < -0.4 is 24.8 Å². The molecule has 2 aromatic carbocycles. The molecule has 0 saturated carbocycles. The molecule has 0 fully saturated rings. The van der Waals surface area contributed by atoms with Gasteiger partial charge in [0.05, 0.1) is 0 Å². The van der Waals surface area contributed by atoms with Crippen LogP contribution in [-0.2, 0) is 32.6 Å². The summed E-state index contributed by atoms with van der Waals surface area (Å²) in [7, 11) is -0.951. The van der Waals surface area contributed by atoms with Crippen molar-refractivity contribution in [1.29, 1.82) is 0 Å². The maximum atomic E-state index is 6.42. The number of hydrogen-bond acceptors (Lipinski definition) is 1. The van der Waals surface area contributed by atoms with Gasteiger partial charge in [0, 0.05) is 0 Å². The third kappa shape index (κ3) is 9.36. The smallest absolute Gasteiger partial charge is 1.00 e. The van der Waals surface area contributed by atoms with E-state index >= 15 is 0 Å². The molecule has 0 spiro atoms. The van der Waals surface area contributed by atoms with E-state index in [0.29, 0.717) is 3.63 Å². The van der Waals surface area contributed by atoms with Gasteiger partial charge in [-0.1, -0.05) is 13.3 Å². The largest absolute Gasteiger partial charge is 1.00 e. The number of aryl methyl sites for hydroxylation is 1. The molecular weight excluding hydrogens is 555 g/mol. The molecule has 0 heterocycles. The Hall–Kier alpha value is -0.180. The molecule has 0 aromatic heterocycles. The molecule has 2 aromatic rings. The summed E-state index contributed by atoms with van der Waals surface area (Å²) in [4.78, 5) is 0. The summed E-state index contributed by atoms with van der Waals surface area (Å²) in [5, 5.41) is 0. The monoisotopic (exact) mass is 594 g/mol. The van der Waals surface area contributed by atoms with Crippen molar-refractivity contribution in [3.05, 3.63) is 64.7 Å². The number of halogens is 2. The van der Waals surface area contributed by atoms with Gasteiger partial charge in [-0.2, -0.15) is 0 Å². The van der Waals surface area contributed by atoms with Gasteiger partial charge in [-0.3, -0.25) is 0 Å². The maximum absolute atomic E-state index is 6.42. The Balaban J connectivity index is 0.00000289. The van der Waals surface area contributed by atoms with Gasteiger partial charge in [-0.15, -0.1) is 0 Å². The minimum Gasteiger partial charge on any atom is -1.00 e. The molecule has 3 rings (SSSR count). The van der Waals surface area contributed by atoms with Crippen molar-refractivity contribution in [3.8, 4) is 11.1 Å². The number of benzene rings is 2. The van der Waals surface area contributed by atoms with Crippen LogP contribution in [0.4, 0.5) is 0 Å². The molecule has 1 atom stereocenters. The van der Waals surface area contributed by atoms with Crippen LogP contribution in [0.2, 0.25) is 13.1 Å². The molecule has 1 nitrogen and oxygen atoms in total. The van der Waals surface area contributed by atoms with E-state index < -0.39 is 32.7 Å². The van der Waals surface area contributed by atoms with Gasteiger partial charge < -0.3 is 24.8 Å². The zero-order chi connectivity index (χ0) is 22.8. The molecule has 1 unspecified atom stereocenters. The average Bonchev–Trinajstić information content (AvgIpc) is 3.16. The third-order valence-corrected chi connectivity index (χ3v) is 13.8. The zero-order valence-electron chi connectivity index (χ0n) is 21.5. The van der Waals surface area contributed by atoms with Crippen LogP contribution in [-0.4, -0.2) is 9.04 Å². The second kappa shape index (κ2) is 17.3. The van der Waals surface area contributed by atoms with Gasteiger partial charge in [0.25, 0.3) is 0 Å². The van der Waals surface area contributed by atoms with Gasteiger partial charge in [-0.05, 0) is 0 Å². The first-order valence-electron chi connectivity index (χ1n) is 13.0.